The third-order valence-corrected chi connectivity index (χ3v) is 4.04. The normalized spacial score (nSPS) is 16.5. The second-order valence-corrected chi connectivity index (χ2v) is 5.39. The van der Waals surface area contributed by atoms with E-state index in [2.05, 4.69) is 25.1 Å². The maximum Gasteiger partial charge on any atom is 0.305 e. The van der Waals surface area contributed by atoms with E-state index in [1.54, 1.807) is 4.68 Å². The molecule has 0 radical (unpaired) electrons. The Morgan fingerprint density at radius 1 is 1.53 bits per heavy atom. The summed E-state index contributed by atoms with van der Waals surface area (Å²) in [6.45, 7) is 1.83. The molecule has 1 N–H and O–H groups in total. The summed E-state index contributed by atoms with van der Waals surface area (Å²) in [5.41, 5.74) is 0.755. The van der Waals surface area contributed by atoms with Crippen LogP contribution in [-0.4, -0.2) is 40.9 Å². The van der Waals surface area contributed by atoms with Gasteiger partial charge in [0, 0.05) is 0 Å². The average Bonchev–Trinajstić information content (AvgIpc) is 2.94. The van der Waals surface area contributed by atoms with E-state index in [0.29, 0.717) is 11.7 Å². The van der Waals surface area contributed by atoms with Crippen molar-refractivity contribution in [1.82, 2.24) is 29.8 Å². The van der Waals surface area contributed by atoms with Crippen LogP contribution in [0.25, 0.3) is 10.7 Å². The van der Waals surface area contributed by atoms with Gasteiger partial charge >= 0.3 is 5.97 Å². The highest BCUT2D eigenvalue weighted by molar-refractivity contribution is 7.09. The Kier molecular flexibility index (Phi) is 2.97. The molecule has 1 aliphatic carbocycles. The van der Waals surface area contributed by atoms with E-state index in [1.165, 1.54) is 11.5 Å². The number of hydrogen-bond acceptors (Lipinski definition) is 7. The first-order valence-corrected chi connectivity index (χ1v) is 6.73. The maximum absolute atomic E-state index is 11.0. The van der Waals surface area contributed by atoms with E-state index >= 15 is 0 Å². The fourth-order valence-electron chi connectivity index (χ4n) is 2.12. The third-order valence-electron chi connectivity index (χ3n) is 3.21. The zero-order valence-corrected chi connectivity index (χ0v) is 11.0. The Morgan fingerprint density at radius 2 is 2.32 bits per heavy atom. The van der Waals surface area contributed by atoms with Gasteiger partial charge in [-0.1, -0.05) is 4.49 Å². The van der Waals surface area contributed by atoms with Crippen molar-refractivity contribution in [2.45, 2.75) is 32.2 Å². The summed E-state index contributed by atoms with van der Waals surface area (Å²) in [4.78, 5) is 11.8. The minimum Gasteiger partial charge on any atom is -0.481 e. The van der Waals surface area contributed by atoms with Crippen LogP contribution in [0.1, 0.15) is 31.0 Å². The number of aromatic nitrogens is 6. The molecule has 100 valence electrons. The molecule has 0 spiro atoms. The first-order valence-electron chi connectivity index (χ1n) is 5.96. The molecule has 0 amide bonds. The predicted octanol–water partition coefficient (Wildman–Crippen LogP) is 0.926. The van der Waals surface area contributed by atoms with Crippen LogP contribution in [0.2, 0.25) is 0 Å². The summed E-state index contributed by atoms with van der Waals surface area (Å²) in [6.07, 6.45) is 2.09. The molecular formula is C10H12N6O2S. The Bertz CT molecular complexity index is 605. The lowest BCUT2D eigenvalue weighted by Gasteiger charge is -2.14. The molecule has 8 nitrogen and oxygen atoms in total. The predicted molar refractivity (Wildman–Crippen MR) is 65.5 cm³/mol. The molecule has 19 heavy (non-hydrogen) atoms. The Hall–Kier alpha value is -1.90. The van der Waals surface area contributed by atoms with Crippen LogP contribution in [0.3, 0.4) is 0 Å². The summed E-state index contributed by atoms with van der Waals surface area (Å²) in [7, 11) is 0. The molecule has 1 aliphatic rings. The van der Waals surface area contributed by atoms with Gasteiger partial charge in [0.25, 0.3) is 0 Å². The SMILES string of the molecule is Cc1nnsc1-c1nnnn1C(CC(=O)O)C1CC1. The minimum absolute atomic E-state index is 0.0357. The van der Waals surface area contributed by atoms with Gasteiger partial charge in [-0.25, -0.2) is 4.68 Å². The molecule has 0 saturated heterocycles. The minimum atomic E-state index is -0.836. The quantitative estimate of drug-likeness (QED) is 0.867. The first kappa shape index (κ1) is 12.2. The molecule has 1 atom stereocenters. The van der Waals surface area contributed by atoms with Gasteiger partial charge in [-0.2, -0.15) is 0 Å². The summed E-state index contributed by atoms with van der Waals surface area (Å²) >= 11 is 1.22. The van der Waals surface area contributed by atoms with Crippen molar-refractivity contribution in [2.24, 2.45) is 5.92 Å². The molecule has 2 heterocycles. The van der Waals surface area contributed by atoms with Crippen molar-refractivity contribution >= 4 is 17.5 Å². The van der Waals surface area contributed by atoms with Crippen molar-refractivity contribution in [3.8, 4) is 10.7 Å². The summed E-state index contributed by atoms with van der Waals surface area (Å²) in [5.74, 6) is 0.0719. The number of carboxylic acid groups (broad SMARTS) is 1. The second-order valence-electron chi connectivity index (χ2n) is 4.64. The molecule has 3 rings (SSSR count). The van der Waals surface area contributed by atoms with Crippen molar-refractivity contribution in [2.75, 3.05) is 0 Å². The van der Waals surface area contributed by atoms with Gasteiger partial charge in [0.05, 0.1) is 18.2 Å². The molecule has 1 unspecified atom stereocenters. The number of rotatable bonds is 5. The van der Waals surface area contributed by atoms with Crippen LogP contribution in [-0.2, 0) is 4.79 Å². The highest BCUT2D eigenvalue weighted by Gasteiger charge is 2.36. The van der Waals surface area contributed by atoms with Gasteiger partial charge in [-0.05, 0) is 47.6 Å². The van der Waals surface area contributed by atoms with Gasteiger partial charge in [-0.15, -0.1) is 10.2 Å². The Labute approximate surface area is 112 Å². The van der Waals surface area contributed by atoms with Crippen LogP contribution >= 0.6 is 11.5 Å². The fraction of sp³-hybridized carbons (Fsp3) is 0.600. The molecule has 0 aliphatic heterocycles. The van der Waals surface area contributed by atoms with Gasteiger partial charge < -0.3 is 5.11 Å². The van der Waals surface area contributed by atoms with Gasteiger partial charge in [0.2, 0.25) is 0 Å². The molecule has 9 heteroatoms. The van der Waals surface area contributed by atoms with E-state index in [-0.39, 0.29) is 12.5 Å². The molecule has 1 saturated carbocycles. The number of carbonyl (C=O) groups is 1. The van der Waals surface area contributed by atoms with Gasteiger partial charge in [-0.3, -0.25) is 4.79 Å². The zero-order chi connectivity index (χ0) is 13.4. The van der Waals surface area contributed by atoms with Crippen LogP contribution in [0.4, 0.5) is 0 Å². The molecular weight excluding hydrogens is 268 g/mol. The highest BCUT2D eigenvalue weighted by Crippen LogP contribution is 2.42. The number of carboxylic acids is 1. The molecule has 2 aromatic rings. The summed E-state index contributed by atoms with van der Waals surface area (Å²) in [5, 5.41) is 24.6. The van der Waals surface area contributed by atoms with Crippen molar-refractivity contribution in [3.63, 3.8) is 0 Å². The van der Waals surface area contributed by atoms with Crippen LogP contribution in [0, 0.1) is 12.8 Å². The number of aryl methyl sites for hydroxylation is 1. The lowest BCUT2D eigenvalue weighted by Crippen LogP contribution is -2.18. The van der Waals surface area contributed by atoms with Crippen molar-refractivity contribution in [1.29, 1.82) is 0 Å². The van der Waals surface area contributed by atoms with Crippen molar-refractivity contribution < 1.29 is 9.90 Å². The Morgan fingerprint density at radius 3 is 2.89 bits per heavy atom. The topological polar surface area (TPSA) is 107 Å². The van der Waals surface area contributed by atoms with E-state index in [9.17, 15) is 4.79 Å². The number of hydrogen-bond donors (Lipinski definition) is 1. The van der Waals surface area contributed by atoms with Crippen LogP contribution in [0.5, 0.6) is 0 Å². The van der Waals surface area contributed by atoms with E-state index in [4.69, 9.17) is 5.11 Å². The first-order chi connectivity index (χ1) is 9.16. The van der Waals surface area contributed by atoms with Gasteiger partial charge in [0.15, 0.2) is 5.82 Å². The number of aliphatic carboxylic acids is 1. The third kappa shape index (κ3) is 2.33. The summed E-state index contributed by atoms with van der Waals surface area (Å²) < 4.78 is 5.49. The monoisotopic (exact) mass is 280 g/mol. The smallest absolute Gasteiger partial charge is 0.305 e. The average molecular weight is 280 g/mol. The maximum atomic E-state index is 11.0. The molecule has 0 aromatic carbocycles. The van der Waals surface area contributed by atoms with E-state index in [1.807, 2.05) is 6.92 Å². The van der Waals surface area contributed by atoms with E-state index < -0.39 is 5.97 Å². The number of nitrogens with zero attached hydrogens (tertiary/aromatic N) is 6. The standard InChI is InChI=1S/C10H12N6O2S/c1-5-9(19-15-11-5)10-12-13-14-16(10)7(4-8(17)18)6-2-3-6/h6-7H,2-4H2,1H3,(H,17,18). The second kappa shape index (κ2) is 4.65. The lowest BCUT2D eigenvalue weighted by atomic mass is 10.1. The lowest BCUT2D eigenvalue weighted by molar-refractivity contribution is -0.138. The van der Waals surface area contributed by atoms with E-state index in [0.717, 1.165) is 23.4 Å². The number of tetrazole rings is 1. The molecule has 2 aromatic heterocycles. The highest BCUT2D eigenvalue weighted by atomic mass is 32.1. The fourth-order valence-corrected chi connectivity index (χ4v) is 2.75. The van der Waals surface area contributed by atoms with Crippen LogP contribution < -0.4 is 0 Å². The van der Waals surface area contributed by atoms with Gasteiger partial charge in [0.1, 0.15) is 4.88 Å². The molecule has 1 fully saturated rings. The Balaban J connectivity index is 1.98. The van der Waals surface area contributed by atoms with Crippen molar-refractivity contribution in [3.05, 3.63) is 5.69 Å². The zero-order valence-electron chi connectivity index (χ0n) is 10.2. The molecule has 0 bridgehead atoms. The largest absolute Gasteiger partial charge is 0.481 e. The van der Waals surface area contributed by atoms with Crippen LogP contribution in [0.15, 0.2) is 0 Å². The summed E-state index contributed by atoms with van der Waals surface area (Å²) in [6, 6.07) is -0.191.